The van der Waals surface area contributed by atoms with Gasteiger partial charge in [0.25, 0.3) is 0 Å². The van der Waals surface area contributed by atoms with Crippen molar-refractivity contribution in [3.63, 3.8) is 0 Å². The van der Waals surface area contributed by atoms with Gasteiger partial charge in [-0.3, -0.25) is 0 Å². The second-order valence-electron chi connectivity index (χ2n) is 7.18. The number of alkyl halides is 1. The first-order valence-corrected chi connectivity index (χ1v) is 12.3. The monoisotopic (exact) mass is 382 g/mol. The van der Waals surface area contributed by atoms with Gasteiger partial charge < -0.3 is 0 Å². The molecule has 0 bridgehead atoms. The zero-order valence-corrected chi connectivity index (χ0v) is 17.8. The van der Waals surface area contributed by atoms with Gasteiger partial charge in [0.2, 0.25) is 0 Å². The lowest BCUT2D eigenvalue weighted by Gasteiger charge is -2.04. The lowest BCUT2D eigenvalue weighted by atomic mass is 10.0. The highest BCUT2D eigenvalue weighted by Crippen LogP contribution is 2.16. The molecule has 0 aliphatic rings. The van der Waals surface area contributed by atoms with Gasteiger partial charge in [-0.25, -0.2) is 0 Å². The van der Waals surface area contributed by atoms with E-state index in [1.807, 2.05) is 0 Å². The average molecular weight is 383 g/mol. The highest BCUT2D eigenvalue weighted by molar-refractivity contribution is 7.98. The summed E-state index contributed by atoms with van der Waals surface area (Å²) in [5, 5.41) is 0. The van der Waals surface area contributed by atoms with Gasteiger partial charge in [0.05, 0.1) is 0 Å². The molecule has 0 saturated heterocycles. The van der Waals surface area contributed by atoms with Gasteiger partial charge in [0.15, 0.2) is 0 Å². The molecule has 0 amide bonds. The maximum atomic E-state index is 5.69. The smallest absolute Gasteiger partial charge is 0.0223 e. The molecule has 1 rings (SSSR count). The van der Waals surface area contributed by atoms with Crippen LogP contribution >= 0.6 is 23.4 Å². The van der Waals surface area contributed by atoms with Crippen molar-refractivity contribution in [1.29, 1.82) is 0 Å². The van der Waals surface area contributed by atoms with E-state index in [4.69, 9.17) is 11.6 Å². The van der Waals surface area contributed by atoms with E-state index in [9.17, 15) is 0 Å². The third-order valence-electron chi connectivity index (χ3n) is 4.78. The predicted molar refractivity (Wildman–Crippen MR) is 118 cm³/mol. The number of hydrogen-bond acceptors (Lipinski definition) is 1. The third-order valence-corrected chi connectivity index (χ3v) is 6.17. The van der Waals surface area contributed by atoms with Crippen LogP contribution in [0.1, 0.15) is 95.5 Å². The molecule has 0 unspecified atom stereocenters. The van der Waals surface area contributed by atoms with Crippen LogP contribution in [-0.4, -0.2) is 11.6 Å². The number of benzene rings is 1. The van der Waals surface area contributed by atoms with Crippen LogP contribution in [0.2, 0.25) is 0 Å². The van der Waals surface area contributed by atoms with E-state index < -0.39 is 0 Å². The van der Waals surface area contributed by atoms with Gasteiger partial charge >= 0.3 is 0 Å². The molecular weight excluding hydrogens is 344 g/mol. The molecule has 144 valence electrons. The number of rotatable bonds is 18. The molecule has 0 atom stereocenters. The van der Waals surface area contributed by atoms with Crippen molar-refractivity contribution >= 4 is 23.4 Å². The lowest BCUT2D eigenvalue weighted by Crippen LogP contribution is -1.86. The molecule has 0 aromatic heterocycles. The summed E-state index contributed by atoms with van der Waals surface area (Å²) in [5.41, 5.74) is 1.46. The number of halogens is 1. The van der Waals surface area contributed by atoms with Crippen LogP contribution in [0.25, 0.3) is 0 Å². The van der Waals surface area contributed by atoms with Crippen LogP contribution in [-0.2, 0) is 5.75 Å². The summed E-state index contributed by atoms with van der Waals surface area (Å²) in [4.78, 5) is 0. The Hall–Kier alpha value is -0.140. The number of thioether (sulfide) groups is 1. The van der Waals surface area contributed by atoms with Crippen LogP contribution in [0, 0.1) is 0 Å². The molecule has 0 aliphatic heterocycles. The summed E-state index contributed by atoms with van der Waals surface area (Å²) in [6, 6.07) is 10.8. The topological polar surface area (TPSA) is 0 Å². The van der Waals surface area contributed by atoms with E-state index in [0.717, 1.165) is 5.88 Å². The van der Waals surface area contributed by atoms with Crippen molar-refractivity contribution in [1.82, 2.24) is 0 Å². The van der Waals surface area contributed by atoms with Crippen molar-refractivity contribution in [2.75, 3.05) is 11.6 Å². The van der Waals surface area contributed by atoms with Crippen LogP contribution in [0.5, 0.6) is 0 Å². The van der Waals surface area contributed by atoms with E-state index in [2.05, 4.69) is 42.1 Å². The standard InChI is InChI=1S/C23H39ClS/c24-20-16-11-9-7-5-3-1-2-4-6-8-10-12-17-21-25-22-23-18-14-13-15-19-23/h13-15,18-19H,1-12,16-17,20-22H2. The molecule has 1 aromatic carbocycles. The van der Waals surface area contributed by atoms with E-state index in [1.165, 1.54) is 107 Å². The van der Waals surface area contributed by atoms with Gasteiger partial charge in [0, 0.05) is 11.6 Å². The van der Waals surface area contributed by atoms with Crippen molar-refractivity contribution in [2.24, 2.45) is 0 Å². The minimum absolute atomic E-state index is 0.840. The maximum absolute atomic E-state index is 5.69. The summed E-state index contributed by atoms with van der Waals surface area (Å²) in [7, 11) is 0. The molecule has 0 spiro atoms. The van der Waals surface area contributed by atoms with Crippen LogP contribution < -0.4 is 0 Å². The molecule has 0 fully saturated rings. The van der Waals surface area contributed by atoms with Gasteiger partial charge in [-0.15, -0.1) is 11.6 Å². The van der Waals surface area contributed by atoms with Gasteiger partial charge in [-0.05, 0) is 24.2 Å². The molecular formula is C23H39ClS. The average Bonchev–Trinajstić information content (AvgIpc) is 2.65. The first-order valence-electron chi connectivity index (χ1n) is 10.6. The molecule has 0 saturated carbocycles. The molecule has 0 heterocycles. The fourth-order valence-electron chi connectivity index (χ4n) is 3.18. The second-order valence-corrected chi connectivity index (χ2v) is 8.66. The van der Waals surface area contributed by atoms with E-state index in [0.29, 0.717) is 0 Å². The van der Waals surface area contributed by atoms with Crippen LogP contribution in [0.15, 0.2) is 30.3 Å². The Morgan fingerprint density at radius 3 is 1.48 bits per heavy atom. The number of hydrogen-bond donors (Lipinski definition) is 0. The largest absolute Gasteiger partial charge is 0.157 e. The Kier molecular flexibility index (Phi) is 17.1. The Morgan fingerprint density at radius 2 is 1.00 bits per heavy atom. The highest BCUT2D eigenvalue weighted by atomic mass is 35.5. The summed E-state index contributed by atoms with van der Waals surface area (Å²) in [5.74, 6) is 3.33. The minimum atomic E-state index is 0.840. The molecule has 0 aliphatic carbocycles. The Labute approximate surface area is 166 Å². The van der Waals surface area contributed by atoms with Crippen molar-refractivity contribution in [2.45, 2.75) is 95.6 Å². The molecule has 25 heavy (non-hydrogen) atoms. The van der Waals surface area contributed by atoms with Crippen LogP contribution in [0.3, 0.4) is 0 Å². The first-order chi connectivity index (χ1) is 12.4. The number of unbranched alkanes of at least 4 members (excludes halogenated alkanes) is 13. The summed E-state index contributed by atoms with van der Waals surface area (Å²) in [6.45, 7) is 0. The molecule has 0 nitrogen and oxygen atoms in total. The van der Waals surface area contributed by atoms with Crippen molar-refractivity contribution in [3.8, 4) is 0 Å². The third kappa shape index (κ3) is 15.8. The highest BCUT2D eigenvalue weighted by Gasteiger charge is 1.95. The fraction of sp³-hybridized carbons (Fsp3) is 0.739. The first kappa shape index (κ1) is 22.9. The molecule has 0 N–H and O–H groups in total. The summed E-state index contributed by atoms with van der Waals surface area (Å²) < 4.78 is 0. The predicted octanol–water partition coefficient (Wildman–Crippen LogP) is 8.62. The molecule has 2 heteroatoms. The van der Waals surface area contributed by atoms with E-state index >= 15 is 0 Å². The summed E-state index contributed by atoms with van der Waals surface area (Å²) in [6.07, 6.45) is 19.7. The van der Waals surface area contributed by atoms with Gasteiger partial charge in [-0.2, -0.15) is 11.8 Å². The Bertz CT molecular complexity index is 366. The fourth-order valence-corrected chi connectivity index (χ4v) is 4.35. The zero-order chi connectivity index (χ0) is 17.8. The quantitative estimate of drug-likeness (QED) is 0.181. The van der Waals surface area contributed by atoms with Crippen LogP contribution in [0.4, 0.5) is 0 Å². The van der Waals surface area contributed by atoms with E-state index in [-0.39, 0.29) is 0 Å². The SMILES string of the molecule is ClCCCCCCCCCCCCCCCCSCc1ccccc1. The Morgan fingerprint density at radius 1 is 0.560 bits per heavy atom. The summed E-state index contributed by atoms with van der Waals surface area (Å²) >= 11 is 7.77. The van der Waals surface area contributed by atoms with Gasteiger partial charge in [-0.1, -0.05) is 107 Å². The second kappa shape index (κ2) is 18.6. The molecule has 0 radical (unpaired) electrons. The lowest BCUT2D eigenvalue weighted by molar-refractivity contribution is 0.539. The minimum Gasteiger partial charge on any atom is -0.157 e. The van der Waals surface area contributed by atoms with Gasteiger partial charge in [0.1, 0.15) is 0 Å². The van der Waals surface area contributed by atoms with E-state index in [1.54, 1.807) is 0 Å². The van der Waals surface area contributed by atoms with Crippen molar-refractivity contribution in [3.05, 3.63) is 35.9 Å². The Balaban J connectivity index is 1.69. The molecule has 1 aromatic rings. The van der Waals surface area contributed by atoms with Crippen molar-refractivity contribution < 1.29 is 0 Å². The zero-order valence-electron chi connectivity index (χ0n) is 16.2. The maximum Gasteiger partial charge on any atom is 0.0223 e. The normalized spacial score (nSPS) is 11.1.